The molecule has 0 saturated heterocycles. The number of fused-ring (bicyclic) bond motifs is 2. The van der Waals surface area contributed by atoms with Crippen molar-refractivity contribution < 1.29 is 0 Å². The standard InChI is InChI=1S/C10H15N/c1-6-3-8-4-9(6)10(5-11)7(8)2/h6-10H,3-4H2,1-2H3/t6-,7+,8+,9-,10+/m1/s1. The van der Waals surface area contributed by atoms with Crippen LogP contribution in [0, 0.1) is 40.9 Å². The highest BCUT2D eigenvalue weighted by atomic mass is 14.5. The Balaban J connectivity index is 2.21. The molecule has 0 radical (unpaired) electrons. The van der Waals surface area contributed by atoms with Crippen molar-refractivity contribution in [3.8, 4) is 6.07 Å². The fourth-order valence-corrected chi connectivity index (χ4v) is 3.16. The van der Waals surface area contributed by atoms with Gasteiger partial charge in [0.25, 0.3) is 0 Å². The lowest BCUT2D eigenvalue weighted by Gasteiger charge is -2.27. The van der Waals surface area contributed by atoms with Crippen LogP contribution in [0.5, 0.6) is 0 Å². The van der Waals surface area contributed by atoms with Gasteiger partial charge in [0.2, 0.25) is 0 Å². The first-order chi connectivity index (χ1) is 5.24. The number of hydrogen-bond donors (Lipinski definition) is 0. The summed E-state index contributed by atoms with van der Waals surface area (Å²) in [6.07, 6.45) is 2.71. The lowest BCUT2D eigenvalue weighted by atomic mass is 9.76. The van der Waals surface area contributed by atoms with Gasteiger partial charge in [0.05, 0.1) is 12.0 Å². The van der Waals surface area contributed by atoms with Crippen LogP contribution in [0.15, 0.2) is 0 Å². The predicted molar refractivity (Wildman–Crippen MR) is 43.6 cm³/mol. The zero-order valence-corrected chi connectivity index (χ0v) is 7.25. The zero-order chi connectivity index (χ0) is 8.01. The van der Waals surface area contributed by atoms with Crippen LogP contribution in [-0.2, 0) is 0 Å². The highest BCUT2D eigenvalue weighted by Crippen LogP contribution is 2.54. The average molecular weight is 149 g/mol. The summed E-state index contributed by atoms with van der Waals surface area (Å²) >= 11 is 0. The van der Waals surface area contributed by atoms with Gasteiger partial charge in [-0.1, -0.05) is 13.8 Å². The molecule has 1 heteroatoms. The second-order valence-corrected chi connectivity index (χ2v) is 4.39. The van der Waals surface area contributed by atoms with Crippen LogP contribution in [-0.4, -0.2) is 0 Å². The van der Waals surface area contributed by atoms with Gasteiger partial charge in [0.15, 0.2) is 0 Å². The molecule has 0 N–H and O–H groups in total. The van der Waals surface area contributed by atoms with Crippen molar-refractivity contribution in [2.45, 2.75) is 26.7 Å². The molecule has 0 aromatic heterocycles. The molecule has 2 aliphatic rings. The maximum atomic E-state index is 8.93. The van der Waals surface area contributed by atoms with Gasteiger partial charge in [-0.3, -0.25) is 0 Å². The molecule has 2 rings (SSSR count). The molecule has 0 unspecified atom stereocenters. The Labute approximate surface area is 68.4 Å². The van der Waals surface area contributed by atoms with Gasteiger partial charge < -0.3 is 0 Å². The van der Waals surface area contributed by atoms with Crippen LogP contribution in [0.2, 0.25) is 0 Å². The lowest BCUT2D eigenvalue weighted by molar-refractivity contribution is 0.231. The van der Waals surface area contributed by atoms with Crippen molar-refractivity contribution in [3.05, 3.63) is 0 Å². The van der Waals surface area contributed by atoms with Crippen LogP contribution in [0.4, 0.5) is 0 Å². The molecule has 0 aromatic rings. The third-order valence-electron chi connectivity index (χ3n) is 3.90. The summed E-state index contributed by atoms with van der Waals surface area (Å²) in [4.78, 5) is 0. The van der Waals surface area contributed by atoms with E-state index in [0.717, 1.165) is 17.8 Å². The van der Waals surface area contributed by atoms with Gasteiger partial charge >= 0.3 is 0 Å². The van der Waals surface area contributed by atoms with Gasteiger partial charge in [0, 0.05) is 0 Å². The maximum absolute atomic E-state index is 8.93. The van der Waals surface area contributed by atoms with Gasteiger partial charge in [-0.05, 0) is 36.5 Å². The highest BCUT2D eigenvalue weighted by Gasteiger charge is 2.48. The van der Waals surface area contributed by atoms with E-state index in [0.29, 0.717) is 11.8 Å². The molecule has 2 bridgehead atoms. The molecule has 0 heterocycles. The summed E-state index contributed by atoms with van der Waals surface area (Å²) in [5.41, 5.74) is 0. The fourth-order valence-electron chi connectivity index (χ4n) is 3.16. The first-order valence-corrected chi connectivity index (χ1v) is 4.63. The van der Waals surface area contributed by atoms with Crippen molar-refractivity contribution >= 4 is 0 Å². The third-order valence-corrected chi connectivity index (χ3v) is 3.90. The largest absolute Gasteiger partial charge is 0.198 e. The number of nitriles is 1. The first kappa shape index (κ1) is 7.16. The molecule has 2 aliphatic carbocycles. The highest BCUT2D eigenvalue weighted by molar-refractivity contribution is 5.05. The summed E-state index contributed by atoms with van der Waals surface area (Å²) in [5, 5.41) is 8.93. The van der Waals surface area contributed by atoms with Crippen molar-refractivity contribution in [1.29, 1.82) is 5.26 Å². The van der Waals surface area contributed by atoms with Crippen molar-refractivity contribution in [3.63, 3.8) is 0 Å². The fraction of sp³-hybridized carbons (Fsp3) is 0.900. The smallest absolute Gasteiger partial charge is 0.0661 e. The van der Waals surface area contributed by atoms with Crippen molar-refractivity contribution in [1.82, 2.24) is 0 Å². The average Bonchev–Trinajstić information content (AvgIpc) is 2.45. The monoisotopic (exact) mass is 149 g/mol. The topological polar surface area (TPSA) is 23.8 Å². The van der Waals surface area contributed by atoms with Crippen LogP contribution >= 0.6 is 0 Å². The molecule has 2 fully saturated rings. The van der Waals surface area contributed by atoms with Crippen molar-refractivity contribution in [2.24, 2.45) is 29.6 Å². The molecule has 11 heavy (non-hydrogen) atoms. The van der Waals surface area contributed by atoms with Crippen LogP contribution in [0.1, 0.15) is 26.7 Å². The Hall–Kier alpha value is -0.510. The Morgan fingerprint density at radius 2 is 2.00 bits per heavy atom. The zero-order valence-electron chi connectivity index (χ0n) is 7.25. The van der Waals surface area contributed by atoms with Gasteiger partial charge in [-0.25, -0.2) is 0 Å². The van der Waals surface area contributed by atoms with Gasteiger partial charge in [-0.15, -0.1) is 0 Å². The van der Waals surface area contributed by atoms with E-state index < -0.39 is 0 Å². The minimum atomic E-state index is 0.378. The summed E-state index contributed by atoms with van der Waals surface area (Å²) in [6, 6.07) is 2.48. The van der Waals surface area contributed by atoms with Crippen LogP contribution in [0.25, 0.3) is 0 Å². The minimum Gasteiger partial charge on any atom is -0.198 e. The maximum Gasteiger partial charge on any atom is 0.0661 e. The Bertz CT molecular complexity index is 203. The van der Waals surface area contributed by atoms with Crippen LogP contribution in [0.3, 0.4) is 0 Å². The molecule has 5 atom stereocenters. The van der Waals surface area contributed by atoms with E-state index in [1.807, 2.05) is 0 Å². The molecular weight excluding hydrogens is 134 g/mol. The van der Waals surface area contributed by atoms with E-state index in [1.165, 1.54) is 12.8 Å². The van der Waals surface area contributed by atoms with E-state index in [2.05, 4.69) is 19.9 Å². The SMILES string of the molecule is C[C@H]1[C@@H]2C[C@@H]([C@H]1C#N)[C@H](C)C2. The van der Waals surface area contributed by atoms with E-state index in [-0.39, 0.29) is 0 Å². The van der Waals surface area contributed by atoms with Gasteiger partial charge in [0.1, 0.15) is 0 Å². The molecule has 0 aliphatic heterocycles. The minimum absolute atomic E-state index is 0.378. The summed E-state index contributed by atoms with van der Waals surface area (Å²) < 4.78 is 0. The van der Waals surface area contributed by atoms with E-state index in [1.54, 1.807) is 0 Å². The Morgan fingerprint density at radius 3 is 2.45 bits per heavy atom. The molecule has 0 spiro atoms. The molecule has 1 nitrogen and oxygen atoms in total. The van der Waals surface area contributed by atoms with E-state index >= 15 is 0 Å². The van der Waals surface area contributed by atoms with Crippen molar-refractivity contribution in [2.75, 3.05) is 0 Å². The second kappa shape index (κ2) is 2.24. The number of rotatable bonds is 0. The molecule has 0 aromatic carbocycles. The summed E-state index contributed by atoms with van der Waals surface area (Å²) in [5.74, 6) is 3.49. The predicted octanol–water partition coefficient (Wildman–Crippen LogP) is 2.44. The first-order valence-electron chi connectivity index (χ1n) is 4.63. The summed E-state index contributed by atoms with van der Waals surface area (Å²) in [7, 11) is 0. The van der Waals surface area contributed by atoms with Crippen LogP contribution < -0.4 is 0 Å². The number of hydrogen-bond acceptors (Lipinski definition) is 1. The Kier molecular flexibility index (Phi) is 1.45. The third kappa shape index (κ3) is 0.819. The second-order valence-electron chi connectivity index (χ2n) is 4.39. The van der Waals surface area contributed by atoms with Gasteiger partial charge in [-0.2, -0.15) is 5.26 Å². The quantitative estimate of drug-likeness (QED) is 0.519. The molecular formula is C10H15N. The normalized spacial score (nSPS) is 54.5. The summed E-state index contributed by atoms with van der Waals surface area (Å²) in [6.45, 7) is 4.56. The Morgan fingerprint density at radius 1 is 1.27 bits per heavy atom. The number of nitrogens with zero attached hydrogens (tertiary/aromatic N) is 1. The van der Waals surface area contributed by atoms with E-state index in [9.17, 15) is 0 Å². The molecule has 2 saturated carbocycles. The molecule has 0 amide bonds. The van der Waals surface area contributed by atoms with E-state index in [4.69, 9.17) is 5.26 Å². The molecule has 60 valence electrons. The lowest BCUT2D eigenvalue weighted by Crippen LogP contribution is -2.23.